The third-order valence-electron chi connectivity index (χ3n) is 6.40. The summed E-state index contributed by atoms with van der Waals surface area (Å²) in [5, 5.41) is 90.8. The lowest BCUT2D eigenvalue weighted by atomic mass is 9.97. The van der Waals surface area contributed by atoms with Crippen molar-refractivity contribution < 1.29 is 74.4 Å². The van der Waals surface area contributed by atoms with Crippen molar-refractivity contribution >= 4 is 0 Å². The number of hydrogen-bond acceptors (Lipinski definition) is 15. The van der Waals surface area contributed by atoms with Crippen molar-refractivity contribution in [1.82, 2.24) is 0 Å². The van der Waals surface area contributed by atoms with Crippen LogP contribution < -0.4 is 0 Å². The minimum Gasteiger partial charge on any atom is -0.394 e. The van der Waals surface area contributed by atoms with Crippen LogP contribution >= 0.6 is 0 Å². The van der Waals surface area contributed by atoms with Crippen molar-refractivity contribution in [3.63, 3.8) is 0 Å². The van der Waals surface area contributed by atoms with Gasteiger partial charge in [0.15, 0.2) is 18.9 Å². The van der Waals surface area contributed by atoms with Crippen LogP contribution in [-0.4, -0.2) is 158 Å². The molecule has 3 rings (SSSR count). The van der Waals surface area contributed by atoms with Gasteiger partial charge in [0.2, 0.25) is 0 Å². The lowest BCUT2D eigenvalue weighted by Gasteiger charge is -2.46. The van der Waals surface area contributed by atoms with Crippen molar-refractivity contribution in [3.05, 3.63) is 0 Å². The molecule has 0 bridgehead atoms. The maximum absolute atomic E-state index is 10.9. The lowest BCUT2D eigenvalue weighted by molar-refractivity contribution is -0.364. The minimum atomic E-state index is -1.78. The fraction of sp³-hybridized carbons (Fsp3) is 1.00. The highest BCUT2D eigenvalue weighted by Crippen LogP contribution is 2.30. The molecule has 15 heteroatoms. The van der Waals surface area contributed by atoms with E-state index < -0.39 is 106 Å². The topological polar surface area (TPSA) is 237 Å². The van der Waals surface area contributed by atoms with Gasteiger partial charge in [-0.2, -0.15) is 0 Å². The van der Waals surface area contributed by atoms with Crippen LogP contribution in [0.3, 0.4) is 0 Å². The first-order valence-electron chi connectivity index (χ1n) is 12.0. The van der Waals surface area contributed by atoms with E-state index in [0.717, 1.165) is 0 Å². The highest BCUT2D eigenvalue weighted by molar-refractivity contribution is 4.94. The Labute approximate surface area is 207 Å². The predicted molar refractivity (Wildman–Crippen MR) is 114 cm³/mol. The molecule has 3 fully saturated rings. The van der Waals surface area contributed by atoms with Crippen molar-refractivity contribution in [2.24, 2.45) is 0 Å². The number of aliphatic hydroxyl groups is 9. The van der Waals surface area contributed by atoms with Crippen LogP contribution in [-0.2, 0) is 28.4 Å². The molecule has 0 radical (unpaired) electrons. The van der Waals surface area contributed by atoms with E-state index >= 15 is 0 Å². The molecule has 0 aromatic carbocycles. The van der Waals surface area contributed by atoms with Gasteiger partial charge in [0.1, 0.15) is 54.9 Å². The van der Waals surface area contributed by atoms with Gasteiger partial charge in [0.25, 0.3) is 0 Å². The Balaban J connectivity index is 1.72. The van der Waals surface area contributed by atoms with E-state index in [4.69, 9.17) is 28.4 Å². The first-order valence-corrected chi connectivity index (χ1v) is 12.0. The molecular formula is C21H38O15. The molecule has 0 amide bonds. The Kier molecular flexibility index (Phi) is 11.2. The molecule has 0 aromatic rings. The summed E-state index contributed by atoms with van der Waals surface area (Å²) < 4.78 is 33.0. The molecule has 0 unspecified atom stereocenters. The summed E-state index contributed by atoms with van der Waals surface area (Å²) in [4.78, 5) is 0. The standard InChI is InChI=1S/C21H38O15/c1-2-3-31-20-17(30)18(36-21-16(29)15(28)13(26)10(6-23)34-21)14(27)11(35-20)7-32-19-12(25)9(24)4-8(5-22)33-19/h8-30H,2-7H2,1H3/t8-,9-,10+,11+,12-,13+,14+,15-,16-,17-,18-,19-,20-,21+/m0/s1. The van der Waals surface area contributed by atoms with Crippen LogP contribution in [0.4, 0.5) is 0 Å². The Hall–Kier alpha value is -0.600. The van der Waals surface area contributed by atoms with Crippen LogP contribution in [0.5, 0.6) is 0 Å². The van der Waals surface area contributed by atoms with E-state index in [1.165, 1.54) is 0 Å². The molecule has 36 heavy (non-hydrogen) atoms. The van der Waals surface area contributed by atoms with Crippen molar-refractivity contribution in [3.8, 4) is 0 Å². The number of hydrogen-bond donors (Lipinski definition) is 9. The van der Waals surface area contributed by atoms with Crippen LogP contribution in [0.15, 0.2) is 0 Å². The van der Waals surface area contributed by atoms with Gasteiger partial charge in [0.05, 0.1) is 32.0 Å². The summed E-state index contributed by atoms with van der Waals surface area (Å²) in [7, 11) is 0. The largest absolute Gasteiger partial charge is 0.394 e. The van der Waals surface area contributed by atoms with Crippen molar-refractivity contribution in [2.75, 3.05) is 26.4 Å². The maximum atomic E-state index is 10.9. The first-order chi connectivity index (χ1) is 17.1. The molecule has 15 nitrogen and oxygen atoms in total. The minimum absolute atomic E-state index is 0.00574. The van der Waals surface area contributed by atoms with Crippen LogP contribution in [0.1, 0.15) is 19.8 Å². The first kappa shape index (κ1) is 29.9. The molecule has 3 aliphatic heterocycles. The normalized spacial score (nSPS) is 48.2. The zero-order valence-electron chi connectivity index (χ0n) is 19.8. The fourth-order valence-electron chi connectivity index (χ4n) is 4.27. The van der Waals surface area contributed by atoms with Crippen molar-refractivity contribution in [1.29, 1.82) is 0 Å². The van der Waals surface area contributed by atoms with Gasteiger partial charge >= 0.3 is 0 Å². The van der Waals surface area contributed by atoms with Gasteiger partial charge in [-0.1, -0.05) is 6.92 Å². The highest BCUT2D eigenvalue weighted by atomic mass is 16.7. The second kappa shape index (κ2) is 13.5. The van der Waals surface area contributed by atoms with Gasteiger partial charge in [0, 0.05) is 13.0 Å². The summed E-state index contributed by atoms with van der Waals surface area (Å²) >= 11 is 0. The Morgan fingerprint density at radius 2 is 1.33 bits per heavy atom. The SMILES string of the molecule is CCCO[C@H]1O[C@H](CO[C@H]2O[C@H](CO)C[C@H](O)[C@@H]2O)[C@@H](O)[C@H](O[C@H]2O[C@H](CO)[C@@H](O)[C@H](O)[C@@H]2O)[C@@H]1O. The summed E-state index contributed by atoms with van der Waals surface area (Å²) in [6, 6.07) is 0. The number of rotatable bonds is 10. The summed E-state index contributed by atoms with van der Waals surface area (Å²) in [5.41, 5.74) is 0. The molecule has 3 heterocycles. The monoisotopic (exact) mass is 530 g/mol. The van der Waals surface area contributed by atoms with Gasteiger partial charge in [-0.25, -0.2) is 0 Å². The maximum Gasteiger partial charge on any atom is 0.187 e. The number of aliphatic hydroxyl groups excluding tert-OH is 9. The molecule has 3 aliphatic rings. The average Bonchev–Trinajstić information content (AvgIpc) is 2.87. The van der Waals surface area contributed by atoms with E-state index in [1.807, 2.05) is 6.92 Å². The molecule has 0 aromatic heterocycles. The third kappa shape index (κ3) is 6.69. The molecule has 0 spiro atoms. The Morgan fingerprint density at radius 3 is 1.97 bits per heavy atom. The van der Waals surface area contributed by atoms with Gasteiger partial charge < -0.3 is 74.4 Å². The Bertz CT molecular complexity index is 655. The Morgan fingerprint density at radius 1 is 0.667 bits per heavy atom. The van der Waals surface area contributed by atoms with Crippen LogP contribution in [0.25, 0.3) is 0 Å². The van der Waals surface area contributed by atoms with E-state index in [2.05, 4.69) is 0 Å². The number of ether oxygens (including phenoxy) is 6. The smallest absolute Gasteiger partial charge is 0.187 e. The zero-order valence-corrected chi connectivity index (χ0v) is 19.8. The predicted octanol–water partition coefficient (Wildman–Crippen LogP) is -5.11. The summed E-state index contributed by atoms with van der Waals surface area (Å²) in [5.74, 6) is 0. The zero-order chi connectivity index (χ0) is 26.6. The quantitative estimate of drug-likeness (QED) is 0.128. The van der Waals surface area contributed by atoms with Gasteiger partial charge in [-0.05, 0) is 6.42 Å². The van der Waals surface area contributed by atoms with Gasteiger partial charge in [-0.15, -0.1) is 0 Å². The van der Waals surface area contributed by atoms with E-state index in [0.29, 0.717) is 6.42 Å². The lowest BCUT2D eigenvalue weighted by Crippen LogP contribution is -2.65. The molecule has 9 N–H and O–H groups in total. The molecule has 0 saturated carbocycles. The van der Waals surface area contributed by atoms with Crippen LogP contribution in [0.2, 0.25) is 0 Å². The fourth-order valence-corrected chi connectivity index (χ4v) is 4.27. The van der Waals surface area contributed by atoms with Crippen LogP contribution in [0, 0.1) is 0 Å². The second-order valence-electron chi connectivity index (χ2n) is 9.13. The average molecular weight is 531 g/mol. The second-order valence-corrected chi connectivity index (χ2v) is 9.13. The molecular weight excluding hydrogens is 492 g/mol. The highest BCUT2D eigenvalue weighted by Gasteiger charge is 2.51. The van der Waals surface area contributed by atoms with E-state index in [1.54, 1.807) is 0 Å². The summed E-state index contributed by atoms with van der Waals surface area (Å²) in [6.07, 6.45) is -19.6. The van der Waals surface area contributed by atoms with E-state index in [-0.39, 0.29) is 13.0 Å². The third-order valence-corrected chi connectivity index (χ3v) is 6.40. The summed E-state index contributed by atoms with van der Waals surface area (Å²) in [6.45, 7) is 0.443. The molecule has 0 aliphatic carbocycles. The molecule has 3 saturated heterocycles. The molecule has 212 valence electrons. The van der Waals surface area contributed by atoms with Crippen molar-refractivity contribution in [2.45, 2.75) is 106 Å². The van der Waals surface area contributed by atoms with Gasteiger partial charge in [-0.3, -0.25) is 0 Å². The van der Waals surface area contributed by atoms with E-state index in [9.17, 15) is 46.0 Å². The molecule has 14 atom stereocenters.